The number of allylic oxidation sites excluding steroid dienone is 2. The second-order valence-corrected chi connectivity index (χ2v) is 9.62. The SMILES string of the molecule is O=C(O)C(F)(F)F.O=C(O)N1C2CCC=C3C=CN=CC32CN1CCCNCCc1ccc(Cl)c(Cl)c1. The van der Waals surface area contributed by atoms with Gasteiger partial charge in [-0.25, -0.2) is 19.6 Å². The molecule has 37 heavy (non-hydrogen) atoms. The highest BCUT2D eigenvalue weighted by atomic mass is 35.5. The molecule has 0 bridgehead atoms. The molecule has 2 aliphatic heterocycles. The summed E-state index contributed by atoms with van der Waals surface area (Å²) >= 11 is 12.0. The Balaban J connectivity index is 0.000000479. The molecule has 1 aromatic carbocycles. The van der Waals surface area contributed by atoms with Crippen LogP contribution in [0.4, 0.5) is 18.0 Å². The molecule has 1 fully saturated rings. The highest BCUT2D eigenvalue weighted by molar-refractivity contribution is 6.42. The van der Waals surface area contributed by atoms with Crippen LogP contribution in [0.3, 0.4) is 0 Å². The number of aliphatic carboxylic acids is 1. The first-order chi connectivity index (χ1) is 17.5. The maximum Gasteiger partial charge on any atom is 0.490 e. The number of aliphatic imine (C=N–C) groups is 1. The number of nitrogens with one attached hydrogen (secondary N) is 1. The van der Waals surface area contributed by atoms with Crippen molar-refractivity contribution in [2.45, 2.75) is 37.9 Å². The van der Waals surface area contributed by atoms with E-state index >= 15 is 0 Å². The molecule has 1 saturated heterocycles. The zero-order valence-electron chi connectivity index (χ0n) is 19.7. The van der Waals surface area contributed by atoms with Crippen LogP contribution in [-0.2, 0) is 11.2 Å². The lowest BCUT2D eigenvalue weighted by atomic mass is 9.69. The second-order valence-electron chi connectivity index (χ2n) is 8.81. The number of carboxylic acid groups (broad SMARTS) is 2. The van der Waals surface area contributed by atoms with Gasteiger partial charge in [-0.15, -0.1) is 0 Å². The summed E-state index contributed by atoms with van der Waals surface area (Å²) in [4.78, 5) is 25.3. The molecule has 3 N–H and O–H groups in total. The van der Waals surface area contributed by atoms with E-state index in [4.69, 9.17) is 33.1 Å². The van der Waals surface area contributed by atoms with E-state index in [-0.39, 0.29) is 11.5 Å². The summed E-state index contributed by atoms with van der Waals surface area (Å²) in [5.41, 5.74) is 2.02. The van der Waals surface area contributed by atoms with Crippen LogP contribution in [-0.4, -0.2) is 76.9 Å². The van der Waals surface area contributed by atoms with Crippen LogP contribution in [0, 0.1) is 5.41 Å². The first-order valence-corrected chi connectivity index (χ1v) is 12.3. The van der Waals surface area contributed by atoms with Gasteiger partial charge in [0.25, 0.3) is 0 Å². The van der Waals surface area contributed by atoms with E-state index in [1.54, 1.807) is 11.2 Å². The van der Waals surface area contributed by atoms with Crippen molar-refractivity contribution in [3.63, 3.8) is 0 Å². The van der Waals surface area contributed by atoms with Crippen molar-refractivity contribution < 1.29 is 33.0 Å². The van der Waals surface area contributed by atoms with Gasteiger partial charge in [0, 0.05) is 25.5 Å². The number of amides is 1. The lowest BCUT2D eigenvalue weighted by Crippen LogP contribution is -2.48. The monoisotopic (exact) mass is 562 g/mol. The van der Waals surface area contributed by atoms with E-state index in [1.807, 2.05) is 35.5 Å². The molecule has 8 nitrogen and oxygen atoms in total. The number of hydrogen-bond acceptors (Lipinski definition) is 5. The minimum absolute atomic E-state index is 0.0775. The highest BCUT2D eigenvalue weighted by Crippen LogP contribution is 2.47. The number of hydrazine groups is 1. The van der Waals surface area contributed by atoms with E-state index in [0.29, 0.717) is 23.1 Å². The van der Waals surface area contributed by atoms with Gasteiger partial charge in [0.2, 0.25) is 0 Å². The molecule has 1 amide bonds. The van der Waals surface area contributed by atoms with Gasteiger partial charge < -0.3 is 15.5 Å². The smallest absolute Gasteiger partial charge is 0.475 e. The third-order valence-corrected chi connectivity index (χ3v) is 7.15. The van der Waals surface area contributed by atoms with Gasteiger partial charge >= 0.3 is 18.2 Å². The third-order valence-electron chi connectivity index (χ3n) is 6.41. The largest absolute Gasteiger partial charge is 0.490 e. The molecule has 2 unspecified atom stereocenters. The molecule has 1 aromatic rings. The summed E-state index contributed by atoms with van der Waals surface area (Å²) < 4.78 is 31.7. The van der Waals surface area contributed by atoms with Crippen LogP contribution in [0.15, 0.2) is 47.1 Å². The summed E-state index contributed by atoms with van der Waals surface area (Å²) in [5, 5.41) is 25.1. The molecule has 2 atom stereocenters. The van der Waals surface area contributed by atoms with Crippen molar-refractivity contribution in [3.8, 4) is 0 Å². The predicted octanol–water partition coefficient (Wildman–Crippen LogP) is 5.03. The van der Waals surface area contributed by atoms with Gasteiger partial charge in [-0.3, -0.25) is 4.99 Å². The van der Waals surface area contributed by atoms with Crippen LogP contribution in [0.1, 0.15) is 24.8 Å². The fourth-order valence-corrected chi connectivity index (χ4v) is 5.07. The molecule has 202 valence electrons. The highest BCUT2D eigenvalue weighted by Gasteiger charge is 2.55. The zero-order valence-corrected chi connectivity index (χ0v) is 21.2. The minimum Gasteiger partial charge on any atom is -0.475 e. The number of benzene rings is 1. The average molecular weight is 563 g/mol. The lowest BCUT2D eigenvalue weighted by molar-refractivity contribution is -0.192. The summed E-state index contributed by atoms with van der Waals surface area (Å²) in [5.74, 6) is -2.76. The van der Waals surface area contributed by atoms with Crippen LogP contribution in [0.5, 0.6) is 0 Å². The average Bonchev–Trinajstić information content (AvgIpc) is 3.16. The molecule has 3 aliphatic rings. The number of carboxylic acids is 1. The van der Waals surface area contributed by atoms with Crippen LogP contribution in [0.2, 0.25) is 10.0 Å². The maximum absolute atomic E-state index is 12.0. The number of rotatable bonds is 7. The number of halogens is 5. The van der Waals surface area contributed by atoms with Crippen LogP contribution < -0.4 is 5.32 Å². The normalized spacial score (nSPS) is 22.6. The Labute approximate surface area is 222 Å². The Morgan fingerprint density at radius 2 is 1.92 bits per heavy atom. The van der Waals surface area contributed by atoms with Gasteiger partial charge in [0.1, 0.15) is 0 Å². The molecule has 13 heteroatoms. The van der Waals surface area contributed by atoms with Gasteiger partial charge in [0.05, 0.1) is 21.5 Å². The molecular weight excluding hydrogens is 536 g/mol. The number of nitrogens with zero attached hydrogens (tertiary/aromatic N) is 3. The summed E-state index contributed by atoms with van der Waals surface area (Å²) in [7, 11) is 0. The molecule has 4 rings (SSSR count). The lowest BCUT2D eigenvalue weighted by Gasteiger charge is -2.38. The van der Waals surface area contributed by atoms with Gasteiger partial charge in [-0.05, 0) is 68.1 Å². The standard InChI is InChI=1S/C22H26Cl2N4O2.C2HF3O2/c23-18-6-5-16(13-19(18)24)7-10-25-9-2-12-27-15-22-14-26-11-8-17(22)3-1-4-20(22)28(27)21(29)30;3-2(4,5)1(6)7/h3,5-6,8,11,13-14,20,25H,1-2,4,7,9-10,12,15H2,(H,29,30);(H,6,7). The molecule has 0 saturated carbocycles. The van der Waals surface area contributed by atoms with Gasteiger partial charge in [-0.1, -0.05) is 35.3 Å². The quantitative estimate of drug-likeness (QED) is 0.402. The molecule has 1 spiro atoms. The first kappa shape index (κ1) is 29.0. The number of carbonyl (C=O) groups is 2. The topological polar surface area (TPSA) is 105 Å². The van der Waals surface area contributed by atoms with E-state index in [9.17, 15) is 23.1 Å². The molecule has 0 aromatic heterocycles. The molecule has 1 aliphatic carbocycles. The first-order valence-electron chi connectivity index (χ1n) is 11.6. The van der Waals surface area contributed by atoms with Crippen molar-refractivity contribution in [2.75, 3.05) is 26.2 Å². The van der Waals surface area contributed by atoms with Crippen molar-refractivity contribution >= 4 is 41.5 Å². The Kier molecular flexibility index (Phi) is 9.63. The van der Waals surface area contributed by atoms with E-state index in [2.05, 4.69) is 16.4 Å². The van der Waals surface area contributed by atoms with Crippen molar-refractivity contribution in [1.82, 2.24) is 15.3 Å². The summed E-state index contributed by atoms with van der Waals surface area (Å²) in [6.07, 6.45) is 5.49. The zero-order chi connectivity index (χ0) is 27.2. The van der Waals surface area contributed by atoms with Crippen LogP contribution in [0.25, 0.3) is 0 Å². The maximum atomic E-state index is 12.0. The van der Waals surface area contributed by atoms with Crippen molar-refractivity contribution in [3.05, 3.63) is 57.7 Å². The van der Waals surface area contributed by atoms with Gasteiger partial charge in [-0.2, -0.15) is 13.2 Å². The third kappa shape index (κ3) is 7.04. The van der Waals surface area contributed by atoms with Crippen LogP contribution >= 0.6 is 23.2 Å². The van der Waals surface area contributed by atoms with E-state index in [1.165, 1.54) is 5.57 Å². The summed E-state index contributed by atoms with van der Waals surface area (Å²) in [6.45, 7) is 3.00. The number of alkyl halides is 3. The predicted molar refractivity (Wildman–Crippen MR) is 134 cm³/mol. The fourth-order valence-electron chi connectivity index (χ4n) is 4.75. The molecule has 0 radical (unpaired) electrons. The minimum atomic E-state index is -5.08. The van der Waals surface area contributed by atoms with Gasteiger partial charge in [0.15, 0.2) is 0 Å². The summed E-state index contributed by atoms with van der Waals surface area (Å²) in [6, 6.07) is 5.62. The van der Waals surface area contributed by atoms with Crippen molar-refractivity contribution in [2.24, 2.45) is 10.4 Å². The second kappa shape index (κ2) is 12.3. The molecule has 2 heterocycles. The molecular formula is C24H27Cl2F3N4O4. The van der Waals surface area contributed by atoms with E-state index < -0.39 is 18.2 Å². The Hall–Kier alpha value is -2.60. The van der Waals surface area contributed by atoms with E-state index in [0.717, 1.165) is 44.3 Å². The fraction of sp³-hybridized carbons (Fsp3) is 0.458. The number of hydrogen-bond donors (Lipinski definition) is 3. The Morgan fingerprint density at radius 1 is 1.19 bits per heavy atom. The van der Waals surface area contributed by atoms with Crippen molar-refractivity contribution in [1.29, 1.82) is 0 Å². The Morgan fingerprint density at radius 3 is 2.57 bits per heavy atom. The Bertz CT molecular complexity index is 1100.